The van der Waals surface area contributed by atoms with Crippen LogP contribution in [0.15, 0.2) is 36.4 Å². The Hall–Kier alpha value is -1.90. The molecule has 0 radical (unpaired) electrons. The molecule has 0 bridgehead atoms. The lowest BCUT2D eigenvalue weighted by Gasteiger charge is -2.25. The molecule has 108 valence electrons. The Morgan fingerprint density at radius 1 is 1.25 bits per heavy atom. The molecule has 0 aromatic heterocycles. The van der Waals surface area contributed by atoms with E-state index in [2.05, 4.69) is 0 Å². The van der Waals surface area contributed by atoms with Crippen molar-refractivity contribution in [3.63, 3.8) is 0 Å². The Balaban J connectivity index is 3.09. The van der Waals surface area contributed by atoms with Crippen LogP contribution in [0.2, 0.25) is 0 Å². The first-order chi connectivity index (χ1) is 9.42. The largest absolute Gasteiger partial charge is 0.462 e. The summed E-state index contributed by atoms with van der Waals surface area (Å²) in [5.74, 6) is -0.674. The predicted octanol–water partition coefficient (Wildman–Crippen LogP) is 3.64. The van der Waals surface area contributed by atoms with Gasteiger partial charge < -0.3 is 4.74 Å². The van der Waals surface area contributed by atoms with E-state index in [1.54, 1.807) is 26.0 Å². The highest BCUT2D eigenvalue weighted by Gasteiger charge is 2.41. The average molecular weight is 274 g/mol. The van der Waals surface area contributed by atoms with Crippen molar-refractivity contribution < 1.29 is 14.3 Å². The van der Waals surface area contributed by atoms with Gasteiger partial charge in [-0.25, -0.2) is 0 Å². The van der Waals surface area contributed by atoms with Crippen molar-refractivity contribution in [2.75, 3.05) is 0 Å². The number of esters is 1. The lowest BCUT2D eigenvalue weighted by Crippen LogP contribution is -2.38. The van der Waals surface area contributed by atoms with Crippen molar-refractivity contribution in [2.45, 2.75) is 40.2 Å². The van der Waals surface area contributed by atoms with E-state index in [1.165, 1.54) is 6.92 Å². The molecule has 1 aromatic rings. The summed E-state index contributed by atoms with van der Waals surface area (Å²) < 4.78 is 5.25. The van der Waals surface area contributed by atoms with Crippen LogP contribution in [0.4, 0.5) is 0 Å². The Morgan fingerprint density at radius 3 is 2.30 bits per heavy atom. The highest BCUT2D eigenvalue weighted by molar-refractivity contribution is 6.05. The number of ether oxygens (including phenoxy) is 1. The van der Waals surface area contributed by atoms with E-state index < -0.39 is 11.4 Å². The molecule has 0 saturated heterocycles. The second kappa shape index (κ2) is 7.04. The lowest BCUT2D eigenvalue weighted by molar-refractivity contribution is -0.160. The zero-order valence-corrected chi connectivity index (χ0v) is 12.6. The predicted molar refractivity (Wildman–Crippen MR) is 80.1 cm³/mol. The summed E-state index contributed by atoms with van der Waals surface area (Å²) in [5, 5.41) is 0. The van der Waals surface area contributed by atoms with E-state index in [4.69, 9.17) is 4.74 Å². The minimum atomic E-state index is -1.19. The minimum absolute atomic E-state index is 0.196. The maximum Gasteiger partial charge on any atom is 0.323 e. The van der Waals surface area contributed by atoms with Crippen LogP contribution in [-0.2, 0) is 14.3 Å². The van der Waals surface area contributed by atoms with Crippen molar-refractivity contribution in [2.24, 2.45) is 5.41 Å². The molecule has 0 aliphatic rings. The highest BCUT2D eigenvalue weighted by Crippen LogP contribution is 2.29. The van der Waals surface area contributed by atoms with Crippen LogP contribution in [0, 0.1) is 5.41 Å². The van der Waals surface area contributed by atoms with Gasteiger partial charge in [-0.15, -0.1) is 0 Å². The summed E-state index contributed by atoms with van der Waals surface area (Å²) in [6, 6.07) is 9.58. The summed E-state index contributed by atoms with van der Waals surface area (Å²) in [6.45, 7) is 6.80. The Labute approximate surface area is 120 Å². The fraction of sp³-hybridized carbons (Fsp3) is 0.412. The van der Waals surface area contributed by atoms with Gasteiger partial charge in [0.1, 0.15) is 5.41 Å². The normalized spacial score (nSPS) is 14.2. The summed E-state index contributed by atoms with van der Waals surface area (Å²) in [4.78, 5) is 24.3. The SMILES string of the molecule is CC[C@@](/C=C/c1ccccc1)(C(C)=O)C(=O)OC(C)C. The molecule has 20 heavy (non-hydrogen) atoms. The number of hydrogen-bond donors (Lipinski definition) is 0. The van der Waals surface area contributed by atoms with Crippen LogP contribution < -0.4 is 0 Å². The molecule has 3 heteroatoms. The van der Waals surface area contributed by atoms with Crippen LogP contribution >= 0.6 is 0 Å². The van der Waals surface area contributed by atoms with Crippen molar-refractivity contribution >= 4 is 17.8 Å². The van der Waals surface area contributed by atoms with Gasteiger partial charge in [0.2, 0.25) is 0 Å². The number of ketones is 1. The lowest BCUT2D eigenvalue weighted by atomic mass is 9.80. The Bertz CT molecular complexity index is 488. The van der Waals surface area contributed by atoms with Crippen molar-refractivity contribution in [3.05, 3.63) is 42.0 Å². The van der Waals surface area contributed by atoms with Gasteiger partial charge in [-0.05, 0) is 32.8 Å². The molecule has 1 atom stereocenters. The topological polar surface area (TPSA) is 43.4 Å². The van der Waals surface area contributed by atoms with Crippen LogP contribution in [0.1, 0.15) is 39.7 Å². The maximum absolute atomic E-state index is 12.3. The molecule has 0 aliphatic carbocycles. The maximum atomic E-state index is 12.3. The van der Waals surface area contributed by atoms with Gasteiger partial charge in [0, 0.05) is 0 Å². The molecule has 0 N–H and O–H groups in total. The highest BCUT2D eigenvalue weighted by atomic mass is 16.5. The van der Waals surface area contributed by atoms with E-state index in [0.717, 1.165) is 5.56 Å². The molecule has 0 aliphatic heterocycles. The number of carbonyl (C=O) groups is 2. The van der Waals surface area contributed by atoms with Gasteiger partial charge in [-0.2, -0.15) is 0 Å². The zero-order valence-electron chi connectivity index (χ0n) is 12.6. The van der Waals surface area contributed by atoms with E-state index >= 15 is 0 Å². The van der Waals surface area contributed by atoms with Crippen molar-refractivity contribution in [1.82, 2.24) is 0 Å². The third-order valence-electron chi connectivity index (χ3n) is 3.25. The van der Waals surface area contributed by atoms with Crippen LogP contribution in [0.25, 0.3) is 6.08 Å². The fourth-order valence-corrected chi connectivity index (χ4v) is 1.96. The fourth-order valence-electron chi connectivity index (χ4n) is 1.96. The summed E-state index contributed by atoms with van der Waals surface area (Å²) in [6.07, 6.45) is 3.61. The van der Waals surface area contributed by atoms with E-state index in [1.807, 2.05) is 37.3 Å². The van der Waals surface area contributed by atoms with E-state index in [-0.39, 0.29) is 11.9 Å². The molecular formula is C17H22O3. The smallest absolute Gasteiger partial charge is 0.323 e. The second-order valence-electron chi connectivity index (χ2n) is 5.08. The summed E-state index contributed by atoms with van der Waals surface area (Å²) in [5.41, 5.74) is -0.246. The number of rotatable bonds is 6. The molecule has 3 nitrogen and oxygen atoms in total. The third kappa shape index (κ3) is 3.80. The second-order valence-corrected chi connectivity index (χ2v) is 5.08. The molecule has 0 unspecified atom stereocenters. The molecular weight excluding hydrogens is 252 g/mol. The van der Waals surface area contributed by atoms with Gasteiger partial charge in [0.15, 0.2) is 5.78 Å². The first kappa shape index (κ1) is 16.2. The van der Waals surface area contributed by atoms with Gasteiger partial charge in [0.05, 0.1) is 6.10 Å². The molecule has 0 fully saturated rings. The molecule has 0 heterocycles. The zero-order chi connectivity index (χ0) is 15.2. The van der Waals surface area contributed by atoms with E-state index in [9.17, 15) is 9.59 Å². The monoisotopic (exact) mass is 274 g/mol. The van der Waals surface area contributed by atoms with Crippen molar-refractivity contribution in [1.29, 1.82) is 0 Å². The quantitative estimate of drug-likeness (QED) is 0.587. The molecule has 1 rings (SSSR count). The number of benzene rings is 1. The van der Waals surface area contributed by atoms with Gasteiger partial charge in [-0.3, -0.25) is 9.59 Å². The number of Topliss-reactive ketones (excluding diaryl/α,β-unsaturated/α-hetero) is 1. The standard InChI is InChI=1S/C17H22O3/c1-5-17(14(4)18,16(19)20-13(2)3)12-11-15-9-7-6-8-10-15/h6-13H,5H2,1-4H3/b12-11+/t17-/m1/s1. The molecule has 0 amide bonds. The Morgan fingerprint density at radius 2 is 1.85 bits per heavy atom. The minimum Gasteiger partial charge on any atom is -0.462 e. The van der Waals surface area contributed by atoms with Crippen LogP contribution in [0.3, 0.4) is 0 Å². The number of hydrogen-bond acceptors (Lipinski definition) is 3. The van der Waals surface area contributed by atoms with Gasteiger partial charge >= 0.3 is 5.97 Å². The molecule has 0 spiro atoms. The first-order valence-electron chi connectivity index (χ1n) is 6.88. The average Bonchev–Trinajstić information content (AvgIpc) is 2.40. The molecule has 0 saturated carbocycles. The van der Waals surface area contributed by atoms with Gasteiger partial charge in [0.25, 0.3) is 0 Å². The van der Waals surface area contributed by atoms with Gasteiger partial charge in [-0.1, -0.05) is 49.4 Å². The molecule has 1 aromatic carbocycles. The summed E-state index contributed by atoms with van der Waals surface area (Å²) >= 11 is 0. The van der Waals surface area contributed by atoms with E-state index in [0.29, 0.717) is 6.42 Å². The van der Waals surface area contributed by atoms with Crippen molar-refractivity contribution in [3.8, 4) is 0 Å². The van der Waals surface area contributed by atoms with Crippen LogP contribution in [-0.4, -0.2) is 17.9 Å². The Kier molecular flexibility index (Phi) is 5.68. The third-order valence-corrected chi connectivity index (χ3v) is 3.25. The van der Waals surface area contributed by atoms with Crippen LogP contribution in [0.5, 0.6) is 0 Å². The summed E-state index contributed by atoms with van der Waals surface area (Å²) in [7, 11) is 0. The first-order valence-corrected chi connectivity index (χ1v) is 6.88. The number of carbonyl (C=O) groups excluding carboxylic acids is 2.